The van der Waals surface area contributed by atoms with Crippen molar-refractivity contribution < 1.29 is 9.53 Å². The highest BCUT2D eigenvalue weighted by atomic mass is 16.5. The van der Waals surface area contributed by atoms with Crippen LogP contribution in [-0.4, -0.2) is 5.97 Å². The van der Waals surface area contributed by atoms with E-state index in [0.717, 1.165) is 5.56 Å². The molecule has 0 aromatic heterocycles. The lowest BCUT2D eigenvalue weighted by Crippen LogP contribution is -2.00. The molecule has 0 saturated heterocycles. The van der Waals surface area contributed by atoms with Crippen LogP contribution in [0.2, 0.25) is 0 Å². The van der Waals surface area contributed by atoms with E-state index in [1.54, 1.807) is 24.3 Å². The molecular weight excluding hydrogens is 178 g/mol. The van der Waals surface area contributed by atoms with Gasteiger partial charge in [0, 0.05) is 5.92 Å². The zero-order valence-corrected chi connectivity index (χ0v) is 7.36. The number of terminal acetylenes is 1. The number of esters is 1. The van der Waals surface area contributed by atoms with E-state index in [-0.39, 0.29) is 6.61 Å². The predicted molar refractivity (Wildman–Crippen MR) is 49.8 cm³/mol. The number of rotatable bonds is 2. The van der Waals surface area contributed by atoms with Gasteiger partial charge in [-0.2, -0.15) is 5.26 Å². The van der Waals surface area contributed by atoms with E-state index in [1.165, 1.54) is 0 Å². The molecule has 0 aliphatic rings. The van der Waals surface area contributed by atoms with E-state index in [2.05, 4.69) is 0 Å². The summed E-state index contributed by atoms with van der Waals surface area (Å²) in [6.45, 7) is 0.134. The van der Waals surface area contributed by atoms with Gasteiger partial charge in [0.15, 0.2) is 0 Å². The molecule has 68 valence electrons. The van der Waals surface area contributed by atoms with Crippen LogP contribution in [0, 0.1) is 23.7 Å². The normalized spacial score (nSPS) is 8.43. The van der Waals surface area contributed by atoms with Crippen LogP contribution in [0.5, 0.6) is 0 Å². The first-order chi connectivity index (χ1) is 6.76. The maximum Gasteiger partial charge on any atom is 0.384 e. The Labute approximate surface area is 81.9 Å². The number of nitrogens with zero attached hydrogens (tertiary/aromatic N) is 1. The lowest BCUT2D eigenvalue weighted by molar-refractivity contribution is -0.137. The molecule has 0 amide bonds. The minimum atomic E-state index is -0.686. The zero-order chi connectivity index (χ0) is 10.4. The average Bonchev–Trinajstić information content (AvgIpc) is 2.26. The lowest BCUT2D eigenvalue weighted by atomic mass is 10.2. The molecule has 3 nitrogen and oxygen atoms in total. The lowest BCUT2D eigenvalue weighted by Gasteiger charge is -2.00. The van der Waals surface area contributed by atoms with Crippen molar-refractivity contribution in [1.29, 1.82) is 5.26 Å². The molecule has 14 heavy (non-hydrogen) atoms. The topological polar surface area (TPSA) is 50.1 Å². The molecular formula is C11H7NO2. The van der Waals surface area contributed by atoms with Gasteiger partial charge in [0.25, 0.3) is 0 Å². The van der Waals surface area contributed by atoms with E-state index in [0.29, 0.717) is 5.56 Å². The van der Waals surface area contributed by atoms with E-state index in [4.69, 9.17) is 16.4 Å². The van der Waals surface area contributed by atoms with Gasteiger partial charge < -0.3 is 4.74 Å². The molecule has 1 rings (SSSR count). The van der Waals surface area contributed by atoms with Crippen molar-refractivity contribution in [2.75, 3.05) is 0 Å². The van der Waals surface area contributed by atoms with Crippen molar-refractivity contribution in [2.24, 2.45) is 0 Å². The Kier molecular flexibility index (Phi) is 3.29. The maximum absolute atomic E-state index is 10.6. The summed E-state index contributed by atoms with van der Waals surface area (Å²) < 4.78 is 4.69. The number of carbonyl (C=O) groups is 1. The second-order valence-electron chi connectivity index (χ2n) is 2.53. The van der Waals surface area contributed by atoms with Crippen molar-refractivity contribution in [1.82, 2.24) is 0 Å². The van der Waals surface area contributed by atoms with Crippen LogP contribution < -0.4 is 0 Å². The summed E-state index contributed by atoms with van der Waals surface area (Å²) in [6, 6.07) is 8.72. The van der Waals surface area contributed by atoms with Crippen LogP contribution in [0.1, 0.15) is 11.1 Å². The fourth-order valence-corrected chi connectivity index (χ4v) is 0.866. The van der Waals surface area contributed by atoms with Gasteiger partial charge in [0.1, 0.15) is 6.61 Å². The molecule has 0 N–H and O–H groups in total. The first-order valence-corrected chi connectivity index (χ1v) is 3.88. The molecule has 3 heteroatoms. The third-order valence-corrected chi connectivity index (χ3v) is 1.57. The minimum absolute atomic E-state index is 0.134. The third kappa shape index (κ3) is 2.66. The molecule has 0 radical (unpaired) electrons. The van der Waals surface area contributed by atoms with E-state index in [9.17, 15) is 4.79 Å². The number of carbonyl (C=O) groups excluding carboxylic acids is 1. The number of nitriles is 1. The van der Waals surface area contributed by atoms with Crippen LogP contribution in [0.25, 0.3) is 0 Å². The Morgan fingerprint density at radius 3 is 2.57 bits per heavy atom. The molecule has 0 fully saturated rings. The Hall–Kier alpha value is -2.26. The molecule has 0 bridgehead atoms. The number of hydrogen-bond acceptors (Lipinski definition) is 3. The molecule has 0 saturated carbocycles. The molecule has 1 aromatic carbocycles. The van der Waals surface area contributed by atoms with Gasteiger partial charge >= 0.3 is 5.97 Å². The summed E-state index contributed by atoms with van der Waals surface area (Å²) in [5, 5.41) is 8.52. The average molecular weight is 185 g/mol. The van der Waals surface area contributed by atoms with Crippen molar-refractivity contribution in [3.05, 3.63) is 35.4 Å². The Bertz CT molecular complexity index is 406. The van der Waals surface area contributed by atoms with Gasteiger partial charge in [-0.25, -0.2) is 4.79 Å². The predicted octanol–water partition coefficient (Wildman–Crippen LogP) is 1.23. The Morgan fingerprint density at radius 1 is 1.43 bits per heavy atom. The fourth-order valence-electron chi connectivity index (χ4n) is 0.866. The molecule has 0 unspecified atom stereocenters. The standard InChI is InChI=1S/C11H7NO2/c1-2-11(13)14-8-10-5-3-9(7-12)4-6-10/h1,3-6H,8H2. The highest BCUT2D eigenvalue weighted by Gasteiger charge is 1.98. The monoisotopic (exact) mass is 185 g/mol. The molecule has 0 heterocycles. The Morgan fingerprint density at radius 2 is 2.07 bits per heavy atom. The summed E-state index contributed by atoms with van der Waals surface area (Å²) in [4.78, 5) is 10.6. The summed E-state index contributed by atoms with van der Waals surface area (Å²) in [5.41, 5.74) is 1.37. The molecule has 0 spiro atoms. The number of benzene rings is 1. The van der Waals surface area contributed by atoms with Gasteiger partial charge in [-0.1, -0.05) is 12.1 Å². The first-order valence-electron chi connectivity index (χ1n) is 3.88. The van der Waals surface area contributed by atoms with Crippen LogP contribution in [0.15, 0.2) is 24.3 Å². The molecule has 1 aromatic rings. The van der Waals surface area contributed by atoms with Crippen LogP contribution >= 0.6 is 0 Å². The van der Waals surface area contributed by atoms with Crippen molar-refractivity contribution in [2.45, 2.75) is 6.61 Å². The quantitative estimate of drug-likeness (QED) is 0.395. The van der Waals surface area contributed by atoms with Crippen LogP contribution in [0.3, 0.4) is 0 Å². The fraction of sp³-hybridized carbons (Fsp3) is 0.0909. The van der Waals surface area contributed by atoms with E-state index < -0.39 is 5.97 Å². The first kappa shape index (κ1) is 9.83. The van der Waals surface area contributed by atoms with Gasteiger partial charge in [-0.05, 0) is 17.7 Å². The van der Waals surface area contributed by atoms with Crippen LogP contribution in [-0.2, 0) is 16.1 Å². The second-order valence-corrected chi connectivity index (χ2v) is 2.53. The number of ether oxygens (including phenoxy) is 1. The summed E-state index contributed by atoms with van der Waals surface area (Å²) >= 11 is 0. The smallest absolute Gasteiger partial charge is 0.384 e. The molecule has 0 atom stereocenters. The molecule has 0 aliphatic heterocycles. The SMILES string of the molecule is C#CC(=O)OCc1ccc(C#N)cc1. The highest BCUT2D eigenvalue weighted by Crippen LogP contribution is 2.04. The zero-order valence-electron chi connectivity index (χ0n) is 7.36. The van der Waals surface area contributed by atoms with Gasteiger partial charge in [0.05, 0.1) is 11.6 Å². The van der Waals surface area contributed by atoms with Gasteiger partial charge in [0.2, 0.25) is 0 Å². The maximum atomic E-state index is 10.6. The summed E-state index contributed by atoms with van der Waals surface area (Å²) in [7, 11) is 0. The Balaban J connectivity index is 2.58. The van der Waals surface area contributed by atoms with Crippen molar-refractivity contribution in [3.63, 3.8) is 0 Å². The van der Waals surface area contributed by atoms with E-state index >= 15 is 0 Å². The van der Waals surface area contributed by atoms with Gasteiger partial charge in [-0.15, -0.1) is 6.42 Å². The van der Waals surface area contributed by atoms with Gasteiger partial charge in [-0.3, -0.25) is 0 Å². The largest absolute Gasteiger partial charge is 0.451 e. The number of hydrogen-bond donors (Lipinski definition) is 0. The summed E-state index contributed by atoms with van der Waals surface area (Å²) in [5.74, 6) is 1.16. The second kappa shape index (κ2) is 4.69. The van der Waals surface area contributed by atoms with Crippen molar-refractivity contribution in [3.8, 4) is 18.4 Å². The van der Waals surface area contributed by atoms with Crippen molar-refractivity contribution >= 4 is 5.97 Å². The minimum Gasteiger partial charge on any atom is -0.451 e. The van der Waals surface area contributed by atoms with Crippen LogP contribution in [0.4, 0.5) is 0 Å². The molecule has 0 aliphatic carbocycles. The summed E-state index contributed by atoms with van der Waals surface area (Å²) in [6.07, 6.45) is 4.81. The van der Waals surface area contributed by atoms with E-state index in [1.807, 2.05) is 12.0 Å². The third-order valence-electron chi connectivity index (χ3n) is 1.57. The highest BCUT2D eigenvalue weighted by molar-refractivity contribution is 5.87.